The van der Waals surface area contributed by atoms with E-state index in [1.165, 1.54) is 19.3 Å². The molecule has 2 saturated heterocycles. The highest BCUT2D eigenvalue weighted by Crippen LogP contribution is 2.37. The van der Waals surface area contributed by atoms with Gasteiger partial charge in [-0.3, -0.25) is 9.89 Å². The molecule has 0 radical (unpaired) electrons. The second-order valence-corrected chi connectivity index (χ2v) is 9.32. The van der Waals surface area contributed by atoms with Crippen LogP contribution in [0.2, 0.25) is 0 Å². The molecule has 2 aromatic rings. The Morgan fingerprint density at radius 3 is 2.91 bits per heavy atom. The number of aliphatic imine (C=N–C) groups is 1. The van der Waals surface area contributed by atoms with E-state index < -0.39 is 0 Å². The van der Waals surface area contributed by atoms with Gasteiger partial charge in [-0.2, -0.15) is 10.4 Å². The maximum absolute atomic E-state index is 9.33. The van der Waals surface area contributed by atoms with Crippen LogP contribution in [0, 0.1) is 17.2 Å². The molecule has 2 aromatic heterocycles. The van der Waals surface area contributed by atoms with E-state index in [0.717, 1.165) is 42.4 Å². The fraction of sp³-hybridized carbons (Fsp3) is 0.500. The van der Waals surface area contributed by atoms with Crippen LogP contribution in [0.25, 0.3) is 11.1 Å². The van der Waals surface area contributed by atoms with Crippen LogP contribution in [0.15, 0.2) is 29.7 Å². The molecule has 8 heteroatoms. The number of pyridine rings is 1. The molecule has 0 aromatic carbocycles. The van der Waals surface area contributed by atoms with Crippen molar-refractivity contribution in [1.29, 1.82) is 5.26 Å². The number of likely N-dealkylation sites (tertiary alicyclic amines) is 1. The van der Waals surface area contributed by atoms with E-state index in [2.05, 4.69) is 27.4 Å². The third-order valence-electron chi connectivity index (χ3n) is 7.33. The van der Waals surface area contributed by atoms with Crippen LogP contribution < -0.4 is 10.5 Å². The second kappa shape index (κ2) is 8.06. The molecule has 1 aliphatic carbocycles. The lowest BCUT2D eigenvalue weighted by Crippen LogP contribution is -2.56. The number of allylic oxidation sites excluding steroid dienone is 1. The van der Waals surface area contributed by atoms with Gasteiger partial charge in [0.25, 0.3) is 0 Å². The molecule has 1 saturated carbocycles. The van der Waals surface area contributed by atoms with Crippen LogP contribution in [-0.2, 0) is 0 Å². The summed E-state index contributed by atoms with van der Waals surface area (Å²) in [6, 6.07) is 5.67. The zero-order valence-corrected chi connectivity index (χ0v) is 18.7. The number of aromatic nitrogens is 2. The summed E-state index contributed by atoms with van der Waals surface area (Å²) in [5, 5.41) is 13.6. The molecule has 0 amide bonds. The average molecular weight is 433 g/mol. The lowest BCUT2D eigenvalue weighted by atomic mass is 9.84. The highest BCUT2D eigenvalue weighted by atomic mass is 16.5. The smallest absolute Gasteiger partial charge is 0.154 e. The number of nitrogens with two attached hydrogens (primary N) is 1. The number of hydrogen-bond acceptors (Lipinski definition) is 6. The van der Waals surface area contributed by atoms with E-state index in [0.29, 0.717) is 35.0 Å². The molecule has 3 fully saturated rings. The van der Waals surface area contributed by atoms with E-state index >= 15 is 0 Å². The fourth-order valence-corrected chi connectivity index (χ4v) is 5.70. The standard InChI is InChI=1S/C24H30N7O/c1-15(28-19-13-30(14-19)21-5-16-4-20(7-21)29(2)11-16)22(9-26)17-6-23(32-3)24-18(8-25)10-27-31(24)12-17/h6,9-10,12,16,19-21H,2,4-5,7,11,13-14,26H2,1,3H3/q+1/b22-9+,28-15?. The van der Waals surface area contributed by atoms with Gasteiger partial charge in [-0.1, -0.05) is 0 Å². The van der Waals surface area contributed by atoms with Crippen molar-refractivity contribution in [3.05, 3.63) is 35.8 Å². The van der Waals surface area contributed by atoms with Gasteiger partial charge in [0.2, 0.25) is 0 Å². The maximum atomic E-state index is 9.33. The number of hydrogen-bond donors (Lipinski definition) is 1. The molecule has 32 heavy (non-hydrogen) atoms. The number of methoxy groups -OCH3 is 1. The van der Waals surface area contributed by atoms with Gasteiger partial charge in [-0.15, -0.1) is 0 Å². The minimum absolute atomic E-state index is 0.293. The van der Waals surface area contributed by atoms with Crippen molar-refractivity contribution in [3.63, 3.8) is 0 Å². The summed E-state index contributed by atoms with van der Waals surface area (Å²) >= 11 is 0. The Kier molecular flexibility index (Phi) is 5.22. The molecular weight excluding hydrogens is 402 g/mol. The van der Waals surface area contributed by atoms with Gasteiger partial charge in [-0.05, 0) is 19.4 Å². The van der Waals surface area contributed by atoms with Crippen molar-refractivity contribution in [1.82, 2.24) is 14.5 Å². The lowest BCUT2D eigenvalue weighted by Gasteiger charge is -2.44. The second-order valence-electron chi connectivity index (χ2n) is 9.32. The molecule has 4 heterocycles. The Morgan fingerprint density at radius 2 is 2.22 bits per heavy atom. The minimum atomic E-state index is 0.293. The first-order valence-corrected chi connectivity index (χ1v) is 11.2. The van der Waals surface area contributed by atoms with E-state index in [4.69, 9.17) is 15.5 Å². The van der Waals surface area contributed by atoms with Gasteiger partial charge in [0.15, 0.2) is 6.04 Å². The van der Waals surface area contributed by atoms with E-state index in [1.807, 2.05) is 19.2 Å². The Labute approximate surface area is 188 Å². The van der Waals surface area contributed by atoms with Gasteiger partial charge < -0.3 is 10.5 Å². The van der Waals surface area contributed by atoms with Crippen molar-refractivity contribution in [2.24, 2.45) is 16.6 Å². The van der Waals surface area contributed by atoms with Crippen molar-refractivity contribution in [2.75, 3.05) is 26.7 Å². The molecule has 2 N–H and O–H groups in total. The zero-order valence-electron chi connectivity index (χ0n) is 18.7. The molecule has 166 valence electrons. The normalized spacial score (nSPS) is 26.9. The van der Waals surface area contributed by atoms with Gasteiger partial charge in [-0.25, -0.2) is 9.09 Å². The number of ether oxygens (including phenoxy) is 1. The Balaban J connectivity index is 1.30. The molecule has 3 atom stereocenters. The van der Waals surface area contributed by atoms with Gasteiger partial charge in [0, 0.05) is 67.1 Å². The average Bonchev–Trinajstić information content (AvgIpc) is 3.29. The SMILES string of the molecule is C=[N+]1CC2CC(N3CC(N=C(C)/C(=C\N)c4cc(OC)c5c(C#N)cnn5c4)C3)CC1C2. The topological polar surface area (TPSA) is 95.0 Å². The molecule has 8 nitrogen and oxygen atoms in total. The highest BCUT2D eigenvalue weighted by Gasteiger charge is 2.46. The first-order chi connectivity index (χ1) is 15.5. The van der Waals surface area contributed by atoms with Gasteiger partial charge >= 0.3 is 0 Å². The Morgan fingerprint density at radius 1 is 1.41 bits per heavy atom. The summed E-state index contributed by atoms with van der Waals surface area (Å²) in [4.78, 5) is 7.57. The van der Waals surface area contributed by atoms with Crippen LogP contribution in [0.5, 0.6) is 5.75 Å². The number of rotatable bonds is 5. The molecule has 3 unspecified atom stereocenters. The first kappa shape index (κ1) is 20.7. The minimum Gasteiger partial charge on any atom is -0.494 e. The monoisotopic (exact) mass is 432 g/mol. The molecule has 3 aliphatic rings. The molecular formula is C24H30N7O+. The fourth-order valence-electron chi connectivity index (χ4n) is 5.70. The summed E-state index contributed by atoms with van der Waals surface area (Å²) < 4.78 is 9.50. The van der Waals surface area contributed by atoms with Crippen molar-refractivity contribution < 1.29 is 9.31 Å². The van der Waals surface area contributed by atoms with Gasteiger partial charge in [0.05, 0.1) is 19.3 Å². The Bertz CT molecular complexity index is 1160. The third-order valence-corrected chi connectivity index (χ3v) is 7.33. The molecule has 2 aliphatic heterocycles. The van der Waals surface area contributed by atoms with Crippen LogP contribution in [0.3, 0.4) is 0 Å². The van der Waals surface area contributed by atoms with Crippen LogP contribution in [0.1, 0.15) is 37.3 Å². The lowest BCUT2D eigenvalue weighted by molar-refractivity contribution is -0.537. The summed E-state index contributed by atoms with van der Waals surface area (Å²) in [6.07, 6.45) is 8.85. The molecule has 5 rings (SSSR count). The van der Waals surface area contributed by atoms with Crippen molar-refractivity contribution >= 4 is 23.5 Å². The van der Waals surface area contributed by atoms with E-state index in [9.17, 15) is 5.26 Å². The predicted octanol–water partition coefficient (Wildman–Crippen LogP) is 1.92. The summed E-state index contributed by atoms with van der Waals surface area (Å²) in [5.74, 6) is 1.39. The van der Waals surface area contributed by atoms with Crippen LogP contribution in [-0.4, -0.2) is 76.4 Å². The zero-order chi connectivity index (χ0) is 22.4. The first-order valence-electron chi connectivity index (χ1n) is 11.2. The summed E-state index contributed by atoms with van der Waals surface area (Å²) in [7, 11) is 1.59. The highest BCUT2D eigenvalue weighted by molar-refractivity contribution is 6.22. The number of fused-ring (bicyclic) bond motifs is 3. The van der Waals surface area contributed by atoms with Crippen molar-refractivity contribution in [3.8, 4) is 11.8 Å². The van der Waals surface area contributed by atoms with Crippen LogP contribution >= 0.6 is 0 Å². The summed E-state index contributed by atoms with van der Waals surface area (Å²) in [6.45, 7) is 9.37. The van der Waals surface area contributed by atoms with E-state index in [-0.39, 0.29) is 0 Å². The number of nitrogens with zero attached hydrogens (tertiary/aromatic N) is 6. The third kappa shape index (κ3) is 3.47. The Hall–Kier alpha value is -3.18. The predicted molar refractivity (Wildman–Crippen MR) is 124 cm³/mol. The number of nitriles is 1. The summed E-state index contributed by atoms with van der Waals surface area (Å²) in [5.41, 5.74) is 9.76. The largest absolute Gasteiger partial charge is 0.494 e. The van der Waals surface area contributed by atoms with E-state index in [1.54, 1.807) is 24.0 Å². The molecule has 2 bridgehead atoms. The van der Waals surface area contributed by atoms with Gasteiger partial charge in [0.1, 0.15) is 36.2 Å². The molecule has 0 spiro atoms. The van der Waals surface area contributed by atoms with Crippen molar-refractivity contribution in [2.45, 2.75) is 44.3 Å². The van der Waals surface area contributed by atoms with Crippen LogP contribution in [0.4, 0.5) is 0 Å². The maximum Gasteiger partial charge on any atom is 0.154 e. The quantitative estimate of drug-likeness (QED) is 0.575.